The first-order chi connectivity index (χ1) is 16.8. The molecular formula is C26H28N2O8. The summed E-state index contributed by atoms with van der Waals surface area (Å²) in [6, 6.07) is 9.00. The smallest absolute Gasteiger partial charge is 0.408 e. The van der Waals surface area contributed by atoms with Gasteiger partial charge in [-0.25, -0.2) is 9.59 Å². The van der Waals surface area contributed by atoms with E-state index < -0.39 is 28.6 Å². The molecule has 0 bridgehead atoms. The van der Waals surface area contributed by atoms with Gasteiger partial charge in [0.05, 0.1) is 15.9 Å². The molecule has 36 heavy (non-hydrogen) atoms. The number of esters is 1. The van der Waals surface area contributed by atoms with Crippen LogP contribution in [0.4, 0.5) is 10.5 Å². The van der Waals surface area contributed by atoms with E-state index in [4.69, 9.17) is 13.9 Å². The maximum absolute atomic E-state index is 13.2. The zero-order chi connectivity index (χ0) is 26.8. The van der Waals surface area contributed by atoms with Crippen molar-refractivity contribution in [2.45, 2.75) is 53.2 Å². The Bertz CT molecular complexity index is 1370. The average molecular weight is 497 g/mol. The number of carbonyl (C=O) groups is 2. The maximum Gasteiger partial charge on any atom is 0.408 e. The van der Waals surface area contributed by atoms with Crippen molar-refractivity contribution >= 4 is 28.7 Å². The van der Waals surface area contributed by atoms with Crippen molar-refractivity contribution in [1.29, 1.82) is 0 Å². The fraction of sp³-hybridized carbons (Fsp3) is 0.346. The van der Waals surface area contributed by atoms with Crippen LogP contribution in [-0.2, 0) is 9.53 Å². The first-order valence-electron chi connectivity index (χ1n) is 11.3. The molecule has 0 aliphatic heterocycles. The number of carbonyl (C=O) groups excluding carboxylic acids is 2. The third-order valence-corrected chi connectivity index (χ3v) is 5.22. The van der Waals surface area contributed by atoms with Gasteiger partial charge in [-0.05, 0) is 63.4 Å². The van der Waals surface area contributed by atoms with E-state index in [1.807, 2.05) is 0 Å². The predicted molar refractivity (Wildman–Crippen MR) is 133 cm³/mol. The molecule has 190 valence electrons. The summed E-state index contributed by atoms with van der Waals surface area (Å²) in [6.07, 6.45) is -0.739. The first-order valence-corrected chi connectivity index (χ1v) is 11.3. The lowest BCUT2D eigenvalue weighted by molar-refractivity contribution is -0.384. The zero-order valence-corrected chi connectivity index (χ0v) is 20.9. The molecule has 3 rings (SSSR count). The van der Waals surface area contributed by atoms with E-state index in [1.165, 1.54) is 42.5 Å². The first kappa shape index (κ1) is 26.4. The Morgan fingerprint density at radius 3 is 2.28 bits per heavy atom. The molecule has 1 heterocycles. The van der Waals surface area contributed by atoms with Gasteiger partial charge in [0.15, 0.2) is 0 Å². The van der Waals surface area contributed by atoms with Crippen molar-refractivity contribution in [1.82, 2.24) is 5.32 Å². The number of nitrogens with one attached hydrogen (secondary N) is 1. The van der Waals surface area contributed by atoms with E-state index in [1.54, 1.807) is 41.5 Å². The maximum atomic E-state index is 13.2. The predicted octanol–water partition coefficient (Wildman–Crippen LogP) is 5.13. The standard InChI is InChI=1S/C26H28N2O8/c1-14(2)22(27-25(31)36-26(4,5)6)24(30)35-18-11-12-19-20(13-18)34-15(3)21(23(19)29)16-7-9-17(10-8-16)28(32)33/h7-14,22H,1-6H3,(H,27,31). The molecule has 0 aliphatic carbocycles. The van der Waals surface area contributed by atoms with E-state index in [0.29, 0.717) is 11.3 Å². The van der Waals surface area contributed by atoms with E-state index in [-0.39, 0.29) is 39.3 Å². The van der Waals surface area contributed by atoms with Crippen LogP contribution in [0.2, 0.25) is 0 Å². The van der Waals surface area contributed by atoms with E-state index >= 15 is 0 Å². The van der Waals surface area contributed by atoms with Crippen LogP contribution < -0.4 is 15.5 Å². The van der Waals surface area contributed by atoms with Crippen LogP contribution in [0.25, 0.3) is 22.1 Å². The van der Waals surface area contributed by atoms with Crippen LogP contribution in [0.1, 0.15) is 40.4 Å². The Labute approximate surface area is 207 Å². The largest absolute Gasteiger partial charge is 0.460 e. The van der Waals surface area contributed by atoms with Crippen molar-refractivity contribution in [3.63, 3.8) is 0 Å². The van der Waals surface area contributed by atoms with Gasteiger partial charge in [-0.1, -0.05) is 13.8 Å². The topological polar surface area (TPSA) is 138 Å². The van der Waals surface area contributed by atoms with Gasteiger partial charge in [-0.3, -0.25) is 14.9 Å². The van der Waals surface area contributed by atoms with Crippen LogP contribution in [0.15, 0.2) is 51.7 Å². The minimum Gasteiger partial charge on any atom is -0.460 e. The number of benzene rings is 2. The number of fused-ring (bicyclic) bond motifs is 1. The number of rotatable bonds is 6. The van der Waals surface area contributed by atoms with Crippen LogP contribution in [0.3, 0.4) is 0 Å². The zero-order valence-electron chi connectivity index (χ0n) is 20.9. The van der Waals surface area contributed by atoms with Gasteiger partial charge in [0, 0.05) is 18.2 Å². The normalized spacial score (nSPS) is 12.3. The molecule has 1 amide bonds. The van der Waals surface area contributed by atoms with Crippen molar-refractivity contribution in [3.8, 4) is 16.9 Å². The molecule has 0 spiro atoms. The second-order valence-corrected chi connectivity index (χ2v) is 9.61. The van der Waals surface area contributed by atoms with Gasteiger partial charge < -0.3 is 19.2 Å². The van der Waals surface area contributed by atoms with Crippen molar-refractivity contribution in [2.24, 2.45) is 5.92 Å². The second-order valence-electron chi connectivity index (χ2n) is 9.61. The molecule has 2 aromatic carbocycles. The molecule has 10 nitrogen and oxygen atoms in total. The number of nitrogens with zero attached hydrogens (tertiary/aromatic N) is 1. The van der Waals surface area contributed by atoms with E-state index in [0.717, 1.165) is 0 Å². The number of ether oxygens (including phenoxy) is 2. The summed E-state index contributed by atoms with van der Waals surface area (Å²) < 4.78 is 16.5. The number of nitro benzene ring substituents is 1. The molecule has 3 aromatic rings. The molecule has 1 N–H and O–H groups in total. The highest BCUT2D eigenvalue weighted by Crippen LogP contribution is 2.28. The number of non-ortho nitro benzene ring substituents is 1. The molecule has 1 aromatic heterocycles. The van der Waals surface area contributed by atoms with Crippen LogP contribution in [-0.4, -0.2) is 28.6 Å². The van der Waals surface area contributed by atoms with Gasteiger partial charge in [0.1, 0.15) is 28.7 Å². The Balaban J connectivity index is 1.87. The van der Waals surface area contributed by atoms with Gasteiger partial charge >= 0.3 is 12.1 Å². The van der Waals surface area contributed by atoms with Crippen molar-refractivity contribution in [3.05, 3.63) is 68.6 Å². The van der Waals surface area contributed by atoms with Crippen LogP contribution >= 0.6 is 0 Å². The second kappa shape index (κ2) is 10.2. The minimum absolute atomic E-state index is 0.0890. The molecule has 0 radical (unpaired) electrons. The highest BCUT2D eigenvalue weighted by molar-refractivity contribution is 5.86. The third-order valence-electron chi connectivity index (χ3n) is 5.22. The Hall–Kier alpha value is -4.21. The van der Waals surface area contributed by atoms with Gasteiger partial charge in [-0.15, -0.1) is 0 Å². The Morgan fingerprint density at radius 2 is 1.72 bits per heavy atom. The quantitative estimate of drug-likeness (QED) is 0.214. The number of amides is 1. The molecule has 10 heteroatoms. The van der Waals surface area contributed by atoms with Crippen molar-refractivity contribution < 1.29 is 28.4 Å². The summed E-state index contributed by atoms with van der Waals surface area (Å²) in [5, 5.41) is 13.7. The monoisotopic (exact) mass is 496 g/mol. The summed E-state index contributed by atoms with van der Waals surface area (Å²) >= 11 is 0. The molecule has 1 atom stereocenters. The lowest BCUT2D eigenvalue weighted by Crippen LogP contribution is -2.48. The molecule has 1 unspecified atom stereocenters. The fourth-order valence-corrected chi connectivity index (χ4v) is 3.54. The average Bonchev–Trinajstić information content (AvgIpc) is 2.76. The van der Waals surface area contributed by atoms with Crippen LogP contribution in [0.5, 0.6) is 5.75 Å². The Kier molecular flexibility index (Phi) is 7.47. The van der Waals surface area contributed by atoms with Crippen molar-refractivity contribution in [2.75, 3.05) is 0 Å². The summed E-state index contributed by atoms with van der Waals surface area (Å²) in [4.78, 5) is 48.5. The molecular weight excluding hydrogens is 468 g/mol. The number of nitro groups is 1. The number of hydrogen-bond acceptors (Lipinski definition) is 8. The summed E-state index contributed by atoms with van der Waals surface area (Å²) in [6.45, 7) is 10.3. The van der Waals surface area contributed by atoms with Gasteiger partial charge in [0.2, 0.25) is 5.43 Å². The minimum atomic E-state index is -0.964. The van der Waals surface area contributed by atoms with E-state index in [2.05, 4.69) is 5.32 Å². The fourth-order valence-electron chi connectivity index (χ4n) is 3.54. The summed E-state index contributed by atoms with van der Waals surface area (Å²) in [5.41, 5.74) is -0.173. The number of alkyl carbamates (subject to hydrolysis) is 1. The number of aryl methyl sites for hydroxylation is 1. The Morgan fingerprint density at radius 1 is 1.08 bits per heavy atom. The number of hydrogen-bond donors (Lipinski definition) is 1. The SMILES string of the molecule is Cc1oc2cc(OC(=O)C(NC(=O)OC(C)(C)C)C(C)C)ccc2c(=O)c1-c1ccc([N+](=O)[O-])cc1. The van der Waals surface area contributed by atoms with Gasteiger partial charge in [-0.2, -0.15) is 0 Å². The lowest BCUT2D eigenvalue weighted by atomic mass is 10.0. The summed E-state index contributed by atoms with van der Waals surface area (Å²) in [5.74, 6) is -0.544. The lowest BCUT2D eigenvalue weighted by Gasteiger charge is -2.24. The summed E-state index contributed by atoms with van der Waals surface area (Å²) in [7, 11) is 0. The molecule has 0 aliphatic rings. The highest BCUT2D eigenvalue weighted by Gasteiger charge is 2.29. The van der Waals surface area contributed by atoms with Gasteiger partial charge in [0.25, 0.3) is 5.69 Å². The molecule has 0 fully saturated rings. The molecule has 0 saturated heterocycles. The van der Waals surface area contributed by atoms with Crippen LogP contribution in [0, 0.1) is 23.0 Å². The molecule has 0 saturated carbocycles. The third kappa shape index (κ3) is 6.07. The van der Waals surface area contributed by atoms with E-state index in [9.17, 15) is 24.5 Å². The highest BCUT2D eigenvalue weighted by atomic mass is 16.6.